The summed E-state index contributed by atoms with van der Waals surface area (Å²) in [7, 11) is 0. The number of aryl methyl sites for hydroxylation is 1. The number of piperazine rings is 1. The average molecular weight is 263 g/mol. The SMILES string of the molecule is CCN1CCN(C(=O)c2c[nH]c(C)cc2=O)CC1C. The molecule has 2 heterocycles. The van der Waals surface area contributed by atoms with Gasteiger partial charge in [-0.2, -0.15) is 0 Å². The Kier molecular flexibility index (Phi) is 4.04. The lowest BCUT2D eigenvalue weighted by atomic mass is 10.1. The highest BCUT2D eigenvalue weighted by atomic mass is 16.2. The van der Waals surface area contributed by atoms with Crippen molar-refractivity contribution >= 4 is 5.91 Å². The van der Waals surface area contributed by atoms with Crippen LogP contribution in [0.5, 0.6) is 0 Å². The van der Waals surface area contributed by atoms with Crippen LogP contribution >= 0.6 is 0 Å². The van der Waals surface area contributed by atoms with Gasteiger partial charge in [-0.25, -0.2) is 0 Å². The number of aromatic nitrogens is 1. The van der Waals surface area contributed by atoms with Crippen molar-refractivity contribution < 1.29 is 4.79 Å². The predicted octanol–water partition coefficient (Wildman–Crippen LogP) is 0.850. The molecule has 1 N–H and O–H groups in total. The van der Waals surface area contributed by atoms with E-state index in [-0.39, 0.29) is 16.9 Å². The highest BCUT2D eigenvalue weighted by molar-refractivity contribution is 5.93. The Bertz CT molecular complexity index is 524. The molecule has 1 aliphatic rings. The van der Waals surface area contributed by atoms with Crippen LogP contribution in [0.25, 0.3) is 0 Å². The van der Waals surface area contributed by atoms with Gasteiger partial charge in [0.1, 0.15) is 5.56 Å². The van der Waals surface area contributed by atoms with Gasteiger partial charge in [0.25, 0.3) is 5.91 Å². The van der Waals surface area contributed by atoms with E-state index in [0.717, 1.165) is 18.8 Å². The summed E-state index contributed by atoms with van der Waals surface area (Å²) in [4.78, 5) is 31.3. The number of nitrogens with zero attached hydrogens (tertiary/aromatic N) is 2. The van der Waals surface area contributed by atoms with Crippen LogP contribution in [-0.2, 0) is 0 Å². The summed E-state index contributed by atoms with van der Waals surface area (Å²) in [6.07, 6.45) is 1.52. The van der Waals surface area contributed by atoms with Crippen LogP contribution in [0.4, 0.5) is 0 Å². The van der Waals surface area contributed by atoms with Gasteiger partial charge in [-0.15, -0.1) is 0 Å². The number of amides is 1. The molecular weight excluding hydrogens is 242 g/mol. The zero-order chi connectivity index (χ0) is 14.0. The number of hydrogen-bond donors (Lipinski definition) is 1. The topological polar surface area (TPSA) is 56.4 Å². The Morgan fingerprint density at radius 3 is 2.79 bits per heavy atom. The van der Waals surface area contributed by atoms with Crippen LogP contribution in [0.3, 0.4) is 0 Å². The van der Waals surface area contributed by atoms with Crippen LogP contribution in [0, 0.1) is 6.92 Å². The molecule has 0 spiro atoms. The van der Waals surface area contributed by atoms with Gasteiger partial charge in [0.15, 0.2) is 5.43 Å². The Hall–Kier alpha value is -1.62. The molecule has 1 amide bonds. The maximum absolute atomic E-state index is 12.4. The normalized spacial score (nSPS) is 20.6. The number of H-pyrrole nitrogens is 1. The van der Waals surface area contributed by atoms with Crippen molar-refractivity contribution in [2.75, 3.05) is 26.2 Å². The van der Waals surface area contributed by atoms with Crippen molar-refractivity contribution in [2.45, 2.75) is 26.8 Å². The molecule has 1 unspecified atom stereocenters. The van der Waals surface area contributed by atoms with Crippen molar-refractivity contribution in [2.24, 2.45) is 0 Å². The Morgan fingerprint density at radius 1 is 1.47 bits per heavy atom. The third kappa shape index (κ3) is 2.87. The summed E-state index contributed by atoms with van der Waals surface area (Å²) in [5.74, 6) is -0.163. The van der Waals surface area contributed by atoms with Crippen LogP contribution < -0.4 is 5.43 Å². The highest BCUT2D eigenvalue weighted by Crippen LogP contribution is 2.11. The van der Waals surface area contributed by atoms with Crippen LogP contribution in [0.1, 0.15) is 29.9 Å². The number of rotatable bonds is 2. The first kappa shape index (κ1) is 13.8. The van der Waals surface area contributed by atoms with Crippen LogP contribution in [0.2, 0.25) is 0 Å². The smallest absolute Gasteiger partial charge is 0.259 e. The molecule has 0 aliphatic carbocycles. The third-order valence-corrected chi connectivity index (χ3v) is 3.75. The first-order chi connectivity index (χ1) is 9.02. The van der Waals surface area contributed by atoms with Gasteiger partial charge in [0.2, 0.25) is 0 Å². The molecule has 5 nitrogen and oxygen atoms in total. The molecule has 19 heavy (non-hydrogen) atoms. The molecule has 1 atom stereocenters. The fourth-order valence-corrected chi connectivity index (χ4v) is 2.56. The van der Waals surface area contributed by atoms with Crippen molar-refractivity contribution in [3.63, 3.8) is 0 Å². The largest absolute Gasteiger partial charge is 0.364 e. The molecular formula is C14H21N3O2. The molecule has 0 aromatic carbocycles. The van der Waals surface area contributed by atoms with E-state index in [0.29, 0.717) is 19.1 Å². The van der Waals surface area contributed by atoms with E-state index in [1.54, 1.807) is 11.8 Å². The lowest BCUT2D eigenvalue weighted by Gasteiger charge is -2.39. The summed E-state index contributed by atoms with van der Waals surface area (Å²) in [5, 5.41) is 0. The number of aromatic amines is 1. The summed E-state index contributed by atoms with van der Waals surface area (Å²) in [5.41, 5.74) is 0.806. The molecule has 0 saturated carbocycles. The Balaban J connectivity index is 2.15. The summed E-state index contributed by atoms with van der Waals surface area (Å²) in [6, 6.07) is 1.81. The summed E-state index contributed by atoms with van der Waals surface area (Å²) < 4.78 is 0. The first-order valence-corrected chi connectivity index (χ1v) is 6.75. The van der Waals surface area contributed by atoms with Gasteiger partial charge in [-0.3, -0.25) is 14.5 Å². The van der Waals surface area contributed by atoms with Crippen molar-refractivity contribution in [1.82, 2.24) is 14.8 Å². The van der Waals surface area contributed by atoms with Crippen LogP contribution in [0.15, 0.2) is 17.1 Å². The van der Waals surface area contributed by atoms with E-state index in [2.05, 4.69) is 23.7 Å². The zero-order valence-corrected chi connectivity index (χ0v) is 11.8. The number of hydrogen-bond acceptors (Lipinski definition) is 3. The van der Waals surface area contributed by atoms with Crippen molar-refractivity contribution in [3.8, 4) is 0 Å². The molecule has 0 bridgehead atoms. The minimum Gasteiger partial charge on any atom is -0.364 e. The second-order valence-corrected chi connectivity index (χ2v) is 5.12. The third-order valence-electron chi connectivity index (χ3n) is 3.75. The zero-order valence-electron chi connectivity index (χ0n) is 11.8. The quantitative estimate of drug-likeness (QED) is 0.860. The molecule has 0 radical (unpaired) electrons. The van der Waals surface area contributed by atoms with Gasteiger partial charge in [-0.05, 0) is 20.4 Å². The second-order valence-electron chi connectivity index (χ2n) is 5.12. The van der Waals surface area contributed by atoms with Crippen molar-refractivity contribution in [1.29, 1.82) is 0 Å². The van der Waals surface area contributed by atoms with Crippen molar-refractivity contribution in [3.05, 3.63) is 33.7 Å². The fourth-order valence-electron chi connectivity index (χ4n) is 2.56. The van der Waals surface area contributed by atoms with E-state index in [1.807, 2.05) is 0 Å². The number of nitrogens with one attached hydrogen (secondary N) is 1. The van der Waals surface area contributed by atoms with Gasteiger partial charge in [0.05, 0.1) is 0 Å². The second kappa shape index (κ2) is 5.57. The van der Waals surface area contributed by atoms with Gasteiger partial charge >= 0.3 is 0 Å². The number of carbonyl (C=O) groups excluding carboxylic acids is 1. The van der Waals surface area contributed by atoms with E-state index >= 15 is 0 Å². The summed E-state index contributed by atoms with van der Waals surface area (Å²) >= 11 is 0. The maximum atomic E-state index is 12.4. The lowest BCUT2D eigenvalue weighted by Crippen LogP contribution is -2.53. The number of carbonyl (C=O) groups is 1. The van der Waals surface area contributed by atoms with E-state index < -0.39 is 0 Å². The molecule has 104 valence electrons. The standard InChI is InChI=1S/C14H21N3O2/c1-4-16-5-6-17(9-11(16)3)14(19)12-8-15-10(2)7-13(12)18/h7-8,11H,4-6,9H2,1-3H3,(H,15,18). The first-order valence-electron chi connectivity index (χ1n) is 6.75. The Labute approximate surface area is 113 Å². The highest BCUT2D eigenvalue weighted by Gasteiger charge is 2.27. The minimum absolute atomic E-state index is 0.163. The van der Waals surface area contributed by atoms with Crippen LogP contribution in [-0.4, -0.2) is 52.9 Å². The molecule has 1 aliphatic heterocycles. The minimum atomic E-state index is -0.202. The van der Waals surface area contributed by atoms with E-state index in [4.69, 9.17) is 0 Å². The summed E-state index contributed by atoms with van der Waals surface area (Å²) in [6.45, 7) is 9.27. The lowest BCUT2D eigenvalue weighted by molar-refractivity contribution is 0.0527. The molecule has 5 heteroatoms. The predicted molar refractivity (Wildman–Crippen MR) is 74.4 cm³/mol. The molecule has 2 rings (SSSR count). The molecule has 1 aromatic rings. The van der Waals surface area contributed by atoms with Gasteiger partial charge in [-0.1, -0.05) is 6.92 Å². The van der Waals surface area contributed by atoms with E-state index in [1.165, 1.54) is 12.3 Å². The molecule has 1 fully saturated rings. The monoisotopic (exact) mass is 263 g/mol. The number of pyridine rings is 1. The Morgan fingerprint density at radius 2 is 2.21 bits per heavy atom. The van der Waals surface area contributed by atoms with Gasteiger partial charge in [0, 0.05) is 43.6 Å². The van der Waals surface area contributed by atoms with Gasteiger partial charge < -0.3 is 9.88 Å². The van der Waals surface area contributed by atoms with E-state index in [9.17, 15) is 9.59 Å². The average Bonchev–Trinajstić information content (AvgIpc) is 2.38. The fraction of sp³-hybridized carbons (Fsp3) is 0.571. The number of likely N-dealkylation sites (N-methyl/N-ethyl adjacent to an activating group) is 1. The molecule has 1 aromatic heterocycles. The molecule has 1 saturated heterocycles. The maximum Gasteiger partial charge on any atom is 0.259 e.